The maximum atomic E-state index is 8.76. The molecule has 1 aliphatic carbocycles. The first-order valence-corrected chi connectivity index (χ1v) is 15.0. The quantitative estimate of drug-likeness (QED) is 0.149. The van der Waals surface area contributed by atoms with Crippen LogP contribution in [0, 0.1) is 5.92 Å². The van der Waals surface area contributed by atoms with E-state index in [4.69, 9.17) is 5.11 Å². The van der Waals surface area contributed by atoms with E-state index in [1.54, 1.807) is 0 Å². The minimum absolute atomic E-state index is 0.375. The summed E-state index contributed by atoms with van der Waals surface area (Å²) < 4.78 is 0. The topological polar surface area (TPSA) is 20.2 Å². The predicted octanol–water partition coefficient (Wildman–Crippen LogP) is 10.5. The number of hydrogen-bond donors (Lipinski definition) is 1. The van der Waals surface area contributed by atoms with Gasteiger partial charge in [-0.1, -0.05) is 173 Å². The molecule has 0 aliphatic heterocycles. The minimum Gasteiger partial charge on any atom is -0.396 e. The Morgan fingerprint density at radius 2 is 0.645 bits per heavy atom. The van der Waals surface area contributed by atoms with Crippen LogP contribution >= 0.6 is 0 Å². The number of aliphatic hydroxyl groups excluding tert-OH is 1. The van der Waals surface area contributed by atoms with Gasteiger partial charge in [0.25, 0.3) is 0 Å². The smallest absolute Gasteiger partial charge is 0.0431 e. The summed E-state index contributed by atoms with van der Waals surface area (Å²) in [7, 11) is 0. The molecule has 31 heavy (non-hydrogen) atoms. The lowest BCUT2D eigenvalue weighted by atomic mass is 9.85. The van der Waals surface area contributed by atoms with Crippen molar-refractivity contribution in [2.24, 2.45) is 5.92 Å². The highest BCUT2D eigenvalue weighted by molar-refractivity contribution is 4.65. The summed E-state index contributed by atoms with van der Waals surface area (Å²) in [5, 5.41) is 8.76. The van der Waals surface area contributed by atoms with Crippen molar-refractivity contribution < 1.29 is 5.11 Å². The molecule has 1 saturated carbocycles. The Hall–Kier alpha value is -0.0400. The Labute approximate surface area is 197 Å². The Morgan fingerprint density at radius 3 is 0.968 bits per heavy atom. The van der Waals surface area contributed by atoms with Gasteiger partial charge in [0.1, 0.15) is 0 Å². The maximum absolute atomic E-state index is 8.76. The molecule has 0 bridgehead atoms. The second kappa shape index (κ2) is 24.6. The van der Waals surface area contributed by atoms with Crippen LogP contribution in [0.5, 0.6) is 0 Å². The first-order chi connectivity index (χ1) is 15.4. The fraction of sp³-hybridized carbons (Fsp3) is 1.00. The predicted molar refractivity (Wildman–Crippen MR) is 140 cm³/mol. The number of hydrogen-bond acceptors (Lipinski definition) is 1. The fourth-order valence-electron chi connectivity index (χ4n) is 5.56. The summed E-state index contributed by atoms with van der Waals surface area (Å²) >= 11 is 0. The number of rotatable bonds is 24. The lowest BCUT2D eigenvalue weighted by Crippen LogP contribution is -2.05. The molecule has 0 heterocycles. The van der Waals surface area contributed by atoms with Gasteiger partial charge < -0.3 is 5.11 Å². The molecule has 1 fully saturated rings. The number of unbranched alkanes of at least 4 members (excludes halogenated alkanes) is 21. The van der Waals surface area contributed by atoms with E-state index in [1.807, 2.05) is 0 Å². The van der Waals surface area contributed by atoms with Gasteiger partial charge in [-0.2, -0.15) is 0 Å². The first-order valence-electron chi connectivity index (χ1n) is 15.0. The molecule has 1 heteroatoms. The van der Waals surface area contributed by atoms with Gasteiger partial charge in [0.2, 0.25) is 0 Å². The van der Waals surface area contributed by atoms with Gasteiger partial charge in [0.05, 0.1) is 0 Å². The monoisotopic (exact) mass is 436 g/mol. The summed E-state index contributed by atoms with van der Waals surface area (Å²) in [5.41, 5.74) is 0. The minimum atomic E-state index is 0.375. The normalized spacial score (nSPS) is 15.0. The van der Waals surface area contributed by atoms with Gasteiger partial charge in [-0.05, 0) is 12.3 Å². The lowest BCUT2D eigenvalue weighted by Gasteiger charge is -2.21. The van der Waals surface area contributed by atoms with Gasteiger partial charge >= 0.3 is 0 Å². The lowest BCUT2D eigenvalue weighted by molar-refractivity contribution is 0.282. The molecule has 0 aromatic rings. The van der Waals surface area contributed by atoms with Crippen LogP contribution in [-0.2, 0) is 0 Å². The van der Waals surface area contributed by atoms with Gasteiger partial charge in [0, 0.05) is 6.61 Å². The van der Waals surface area contributed by atoms with E-state index in [9.17, 15) is 0 Å². The summed E-state index contributed by atoms with van der Waals surface area (Å²) in [6.07, 6.45) is 40.6. The summed E-state index contributed by atoms with van der Waals surface area (Å²) in [5.74, 6) is 1.09. The molecule has 0 aromatic carbocycles. The first kappa shape index (κ1) is 29.0. The van der Waals surface area contributed by atoms with Crippen LogP contribution < -0.4 is 0 Å². The van der Waals surface area contributed by atoms with Crippen molar-refractivity contribution in [2.45, 2.75) is 180 Å². The van der Waals surface area contributed by atoms with Crippen LogP contribution in [0.15, 0.2) is 0 Å². The van der Waals surface area contributed by atoms with E-state index < -0.39 is 0 Å². The van der Waals surface area contributed by atoms with Crippen LogP contribution in [-0.4, -0.2) is 11.7 Å². The summed E-state index contributed by atoms with van der Waals surface area (Å²) in [6.45, 7) is 0.375. The van der Waals surface area contributed by atoms with E-state index in [1.165, 1.54) is 173 Å². The zero-order chi connectivity index (χ0) is 22.1. The SMILES string of the molecule is OCCCCCCCCCCCCCCCCCCCCCCCCC1CCCCC1. The van der Waals surface area contributed by atoms with E-state index in [0.29, 0.717) is 6.61 Å². The second-order valence-electron chi connectivity index (χ2n) is 10.8. The third-order valence-corrected chi connectivity index (χ3v) is 7.75. The molecular weight excluding hydrogens is 376 g/mol. The molecule has 1 N–H and O–H groups in total. The average molecular weight is 437 g/mol. The highest BCUT2D eigenvalue weighted by Gasteiger charge is 2.12. The van der Waals surface area contributed by atoms with Crippen molar-refractivity contribution in [3.8, 4) is 0 Å². The summed E-state index contributed by atoms with van der Waals surface area (Å²) in [4.78, 5) is 0. The molecule has 0 radical (unpaired) electrons. The molecular formula is C30H60O. The van der Waals surface area contributed by atoms with Crippen molar-refractivity contribution >= 4 is 0 Å². The fourth-order valence-corrected chi connectivity index (χ4v) is 5.56. The third-order valence-electron chi connectivity index (χ3n) is 7.75. The van der Waals surface area contributed by atoms with Crippen LogP contribution in [0.25, 0.3) is 0 Å². The van der Waals surface area contributed by atoms with Gasteiger partial charge in [-0.3, -0.25) is 0 Å². The van der Waals surface area contributed by atoms with Crippen molar-refractivity contribution in [1.29, 1.82) is 0 Å². The van der Waals surface area contributed by atoms with Crippen LogP contribution in [0.1, 0.15) is 180 Å². The standard InChI is InChI=1S/C30H60O/c31-29-25-20-18-16-14-12-10-8-6-4-2-1-3-5-7-9-11-13-15-17-19-22-26-30-27-23-21-24-28-30/h30-31H,1-29H2. The molecule has 0 spiro atoms. The average Bonchev–Trinajstić information content (AvgIpc) is 2.80. The Bertz CT molecular complexity index is 320. The van der Waals surface area contributed by atoms with Crippen LogP contribution in [0.4, 0.5) is 0 Å². The Kier molecular flexibility index (Phi) is 23.0. The maximum Gasteiger partial charge on any atom is 0.0431 e. The third kappa shape index (κ3) is 21.6. The number of aliphatic hydroxyl groups is 1. The highest BCUT2D eigenvalue weighted by Crippen LogP contribution is 2.28. The molecule has 0 unspecified atom stereocenters. The van der Waals surface area contributed by atoms with Crippen molar-refractivity contribution in [3.05, 3.63) is 0 Å². The van der Waals surface area contributed by atoms with Crippen molar-refractivity contribution in [1.82, 2.24) is 0 Å². The Balaban J connectivity index is 1.62. The highest BCUT2D eigenvalue weighted by atomic mass is 16.2. The van der Waals surface area contributed by atoms with E-state index in [0.717, 1.165) is 12.3 Å². The molecule has 0 amide bonds. The zero-order valence-electron chi connectivity index (χ0n) is 21.5. The molecule has 186 valence electrons. The molecule has 1 aliphatic rings. The largest absolute Gasteiger partial charge is 0.396 e. The van der Waals surface area contributed by atoms with E-state index in [2.05, 4.69) is 0 Å². The van der Waals surface area contributed by atoms with Gasteiger partial charge in [-0.15, -0.1) is 0 Å². The molecule has 1 nitrogen and oxygen atoms in total. The van der Waals surface area contributed by atoms with E-state index >= 15 is 0 Å². The van der Waals surface area contributed by atoms with Gasteiger partial charge in [-0.25, -0.2) is 0 Å². The molecule has 0 atom stereocenters. The molecule has 1 rings (SSSR count). The Morgan fingerprint density at radius 1 is 0.355 bits per heavy atom. The zero-order valence-corrected chi connectivity index (χ0v) is 21.5. The van der Waals surface area contributed by atoms with Crippen molar-refractivity contribution in [2.75, 3.05) is 6.61 Å². The van der Waals surface area contributed by atoms with E-state index in [-0.39, 0.29) is 0 Å². The molecule has 0 aromatic heterocycles. The van der Waals surface area contributed by atoms with Crippen LogP contribution in [0.2, 0.25) is 0 Å². The van der Waals surface area contributed by atoms with Crippen LogP contribution in [0.3, 0.4) is 0 Å². The summed E-state index contributed by atoms with van der Waals surface area (Å²) in [6, 6.07) is 0. The molecule has 0 saturated heterocycles. The van der Waals surface area contributed by atoms with Crippen molar-refractivity contribution in [3.63, 3.8) is 0 Å². The van der Waals surface area contributed by atoms with Gasteiger partial charge in [0.15, 0.2) is 0 Å². The second-order valence-corrected chi connectivity index (χ2v) is 10.8.